The minimum atomic E-state index is -1.27. The third-order valence-corrected chi connectivity index (χ3v) is 4.44. The number of hydrazone groups is 1. The van der Waals surface area contributed by atoms with Crippen LogP contribution in [0.25, 0.3) is 0 Å². The predicted octanol–water partition coefficient (Wildman–Crippen LogP) is 2.79. The van der Waals surface area contributed by atoms with E-state index >= 15 is 0 Å². The van der Waals surface area contributed by atoms with Crippen molar-refractivity contribution in [2.24, 2.45) is 5.10 Å². The quantitative estimate of drug-likeness (QED) is 0.329. The van der Waals surface area contributed by atoms with Crippen LogP contribution in [0, 0.1) is 7.14 Å². The lowest BCUT2D eigenvalue weighted by atomic mass is 10.1. The topological polar surface area (TPSA) is 81.9 Å². The summed E-state index contributed by atoms with van der Waals surface area (Å²) in [5.41, 5.74) is 3.54. The van der Waals surface area contributed by atoms with Crippen molar-refractivity contribution in [1.29, 1.82) is 0 Å². The van der Waals surface area contributed by atoms with Crippen molar-refractivity contribution in [3.63, 3.8) is 0 Å². The highest BCUT2D eigenvalue weighted by Gasteiger charge is 2.15. The number of carbonyl (C=O) groups excluding carboxylic acids is 1. The lowest BCUT2D eigenvalue weighted by Gasteiger charge is -2.08. The van der Waals surface area contributed by atoms with Crippen molar-refractivity contribution < 1.29 is 15.0 Å². The van der Waals surface area contributed by atoms with Gasteiger partial charge in [0.25, 0.3) is 5.91 Å². The molecular formula is C15H12I2N2O3. The van der Waals surface area contributed by atoms with Gasteiger partial charge in [-0.3, -0.25) is 4.79 Å². The molecule has 1 atom stereocenters. The van der Waals surface area contributed by atoms with Crippen molar-refractivity contribution in [2.75, 3.05) is 0 Å². The minimum absolute atomic E-state index is 0.224. The van der Waals surface area contributed by atoms with Gasteiger partial charge in [0.1, 0.15) is 5.75 Å². The molecule has 114 valence electrons. The molecule has 7 heteroatoms. The van der Waals surface area contributed by atoms with Gasteiger partial charge in [0, 0.05) is 0 Å². The SMILES string of the molecule is O=C(N/N=C/c1cc(I)c(O)c(I)c1)C(O)c1ccccc1. The number of hydrogen-bond donors (Lipinski definition) is 3. The number of benzene rings is 2. The number of hydrogen-bond acceptors (Lipinski definition) is 4. The van der Waals surface area contributed by atoms with E-state index in [-0.39, 0.29) is 5.75 Å². The monoisotopic (exact) mass is 522 g/mol. The van der Waals surface area contributed by atoms with Gasteiger partial charge in [-0.05, 0) is 68.4 Å². The Balaban J connectivity index is 2.02. The molecule has 2 aromatic carbocycles. The van der Waals surface area contributed by atoms with Crippen LogP contribution >= 0.6 is 45.2 Å². The minimum Gasteiger partial charge on any atom is -0.506 e. The zero-order valence-corrected chi connectivity index (χ0v) is 15.5. The number of phenolic OH excluding ortho intramolecular Hbond substituents is 1. The van der Waals surface area contributed by atoms with E-state index in [2.05, 4.69) is 10.5 Å². The summed E-state index contributed by atoms with van der Waals surface area (Å²) in [6, 6.07) is 12.1. The highest BCUT2D eigenvalue weighted by atomic mass is 127. The summed E-state index contributed by atoms with van der Waals surface area (Å²) >= 11 is 4.03. The molecule has 0 saturated heterocycles. The lowest BCUT2D eigenvalue weighted by Crippen LogP contribution is -2.25. The molecule has 1 unspecified atom stereocenters. The van der Waals surface area contributed by atoms with Gasteiger partial charge in [0.2, 0.25) is 0 Å². The van der Waals surface area contributed by atoms with Crippen molar-refractivity contribution >= 4 is 57.3 Å². The molecule has 0 aliphatic carbocycles. The maximum atomic E-state index is 11.8. The van der Waals surface area contributed by atoms with E-state index in [1.54, 1.807) is 42.5 Å². The molecular weight excluding hydrogens is 510 g/mol. The third-order valence-electron chi connectivity index (χ3n) is 2.79. The number of phenols is 1. The van der Waals surface area contributed by atoms with E-state index in [4.69, 9.17) is 0 Å². The summed E-state index contributed by atoms with van der Waals surface area (Å²) < 4.78 is 1.39. The van der Waals surface area contributed by atoms with E-state index in [1.807, 2.05) is 45.2 Å². The second-order valence-electron chi connectivity index (χ2n) is 4.38. The van der Waals surface area contributed by atoms with Crippen molar-refractivity contribution in [2.45, 2.75) is 6.10 Å². The molecule has 0 bridgehead atoms. The first-order valence-electron chi connectivity index (χ1n) is 6.23. The summed E-state index contributed by atoms with van der Waals surface area (Å²) in [7, 11) is 0. The average Bonchev–Trinajstić information content (AvgIpc) is 2.52. The summed E-state index contributed by atoms with van der Waals surface area (Å²) in [4.78, 5) is 11.8. The molecule has 2 rings (SSSR count). The second kappa shape index (κ2) is 7.88. The smallest absolute Gasteiger partial charge is 0.273 e. The maximum absolute atomic E-state index is 11.8. The van der Waals surface area contributed by atoms with E-state index in [0.29, 0.717) is 12.7 Å². The van der Waals surface area contributed by atoms with Crippen LogP contribution in [-0.2, 0) is 4.79 Å². The van der Waals surface area contributed by atoms with E-state index in [0.717, 1.165) is 5.56 Å². The molecule has 0 spiro atoms. The van der Waals surface area contributed by atoms with Gasteiger partial charge in [0.05, 0.1) is 13.4 Å². The van der Waals surface area contributed by atoms with Crippen LogP contribution in [0.15, 0.2) is 47.6 Å². The van der Waals surface area contributed by atoms with Crippen molar-refractivity contribution in [3.8, 4) is 5.75 Å². The zero-order valence-electron chi connectivity index (χ0n) is 11.2. The van der Waals surface area contributed by atoms with Crippen molar-refractivity contribution in [3.05, 3.63) is 60.7 Å². The Bertz CT molecular complexity index is 682. The Labute approximate surface area is 154 Å². The zero-order chi connectivity index (χ0) is 16.1. The fourth-order valence-corrected chi connectivity index (χ4v) is 3.49. The van der Waals surface area contributed by atoms with Gasteiger partial charge in [-0.15, -0.1) is 0 Å². The first-order valence-corrected chi connectivity index (χ1v) is 8.38. The fourth-order valence-electron chi connectivity index (χ4n) is 1.68. The summed E-state index contributed by atoms with van der Waals surface area (Å²) in [6.07, 6.45) is 0.192. The summed E-state index contributed by atoms with van der Waals surface area (Å²) in [5, 5.41) is 23.4. The Kier molecular flexibility index (Phi) is 6.15. The molecule has 3 N–H and O–H groups in total. The van der Waals surface area contributed by atoms with E-state index < -0.39 is 12.0 Å². The Morgan fingerprint density at radius 1 is 1.18 bits per heavy atom. The number of amides is 1. The van der Waals surface area contributed by atoms with Crippen LogP contribution in [0.5, 0.6) is 5.75 Å². The number of aromatic hydroxyl groups is 1. The maximum Gasteiger partial charge on any atom is 0.273 e. The molecule has 0 radical (unpaired) electrons. The third kappa shape index (κ3) is 4.40. The molecule has 22 heavy (non-hydrogen) atoms. The molecule has 5 nitrogen and oxygen atoms in total. The number of carbonyl (C=O) groups is 1. The van der Waals surface area contributed by atoms with Gasteiger partial charge in [-0.2, -0.15) is 5.10 Å². The number of nitrogens with one attached hydrogen (secondary N) is 1. The largest absolute Gasteiger partial charge is 0.506 e. The van der Waals surface area contributed by atoms with E-state index in [9.17, 15) is 15.0 Å². The summed E-state index contributed by atoms with van der Waals surface area (Å²) in [6.45, 7) is 0. The summed E-state index contributed by atoms with van der Waals surface area (Å²) in [5.74, 6) is -0.382. The Morgan fingerprint density at radius 2 is 1.77 bits per heavy atom. The van der Waals surface area contributed by atoms with Crippen LogP contribution < -0.4 is 5.43 Å². The second-order valence-corrected chi connectivity index (χ2v) is 6.71. The number of nitrogens with zero attached hydrogens (tertiary/aromatic N) is 1. The van der Waals surface area contributed by atoms with Gasteiger partial charge < -0.3 is 10.2 Å². The Hall–Kier alpha value is -1.20. The number of halogens is 2. The van der Waals surface area contributed by atoms with Crippen molar-refractivity contribution in [1.82, 2.24) is 5.43 Å². The molecule has 0 aliphatic rings. The number of aliphatic hydroxyl groups is 1. The van der Waals surface area contributed by atoms with E-state index in [1.165, 1.54) is 6.21 Å². The number of aliphatic hydroxyl groups excluding tert-OH is 1. The molecule has 2 aromatic rings. The molecule has 1 amide bonds. The highest BCUT2D eigenvalue weighted by molar-refractivity contribution is 14.1. The molecule has 0 heterocycles. The average molecular weight is 522 g/mol. The molecule has 0 saturated carbocycles. The molecule has 0 aromatic heterocycles. The van der Waals surface area contributed by atoms with Gasteiger partial charge in [0.15, 0.2) is 6.10 Å². The van der Waals surface area contributed by atoms with Crippen LogP contribution in [0.1, 0.15) is 17.2 Å². The normalized spacial score (nSPS) is 12.3. The lowest BCUT2D eigenvalue weighted by molar-refractivity contribution is -0.129. The van der Waals surface area contributed by atoms with Gasteiger partial charge in [-0.1, -0.05) is 30.3 Å². The molecule has 0 fully saturated rings. The fraction of sp³-hybridized carbons (Fsp3) is 0.0667. The first-order chi connectivity index (χ1) is 10.5. The molecule has 0 aliphatic heterocycles. The number of rotatable bonds is 4. The van der Waals surface area contributed by atoms with Gasteiger partial charge in [-0.25, -0.2) is 5.43 Å². The first kappa shape index (κ1) is 17.2. The van der Waals surface area contributed by atoms with Crippen LogP contribution in [0.4, 0.5) is 0 Å². The highest BCUT2D eigenvalue weighted by Crippen LogP contribution is 2.26. The van der Waals surface area contributed by atoms with Crippen LogP contribution in [-0.4, -0.2) is 22.3 Å². The van der Waals surface area contributed by atoms with Crippen LogP contribution in [0.3, 0.4) is 0 Å². The Morgan fingerprint density at radius 3 is 2.36 bits per heavy atom. The van der Waals surface area contributed by atoms with Crippen LogP contribution in [0.2, 0.25) is 0 Å². The predicted molar refractivity (Wildman–Crippen MR) is 101 cm³/mol. The van der Waals surface area contributed by atoms with Gasteiger partial charge >= 0.3 is 0 Å². The standard InChI is InChI=1S/C15H12I2N2O3/c16-11-6-9(7-12(17)14(11)21)8-18-19-15(22)13(20)10-4-2-1-3-5-10/h1-8,13,20-21H,(H,19,22)/b18-8+.